The molecule has 2 aromatic carbocycles. The van der Waals surface area contributed by atoms with Crippen LogP contribution < -0.4 is 10.7 Å². The van der Waals surface area contributed by atoms with Crippen molar-refractivity contribution in [3.8, 4) is 0 Å². The third kappa shape index (κ3) is 3.65. The molecule has 2 heterocycles. The van der Waals surface area contributed by atoms with Crippen molar-refractivity contribution in [2.45, 2.75) is 29.8 Å². The predicted octanol–water partition coefficient (Wildman–Crippen LogP) is 3.89. The fourth-order valence-corrected chi connectivity index (χ4v) is 4.21. The number of nitrogens with zero attached hydrogens (tertiary/aromatic N) is 3. The van der Waals surface area contributed by atoms with Gasteiger partial charge in [0.2, 0.25) is 11.1 Å². The molecule has 0 fully saturated rings. The molecule has 3 aromatic rings. The molecule has 1 aliphatic rings. The molecule has 2 unspecified atom stereocenters. The average Bonchev–Trinajstić information content (AvgIpc) is 3.10. The van der Waals surface area contributed by atoms with Crippen LogP contribution in [0.25, 0.3) is 0 Å². The van der Waals surface area contributed by atoms with Crippen LogP contribution in [0.15, 0.2) is 59.8 Å². The number of hydrogen-bond donors (Lipinski definition) is 2. The molecular weight excluding hydrogens is 382 g/mol. The van der Waals surface area contributed by atoms with Crippen molar-refractivity contribution in [1.82, 2.24) is 14.9 Å². The molecule has 1 amide bonds. The van der Waals surface area contributed by atoms with E-state index >= 15 is 0 Å². The minimum atomic E-state index is -0.409. The molecule has 2 atom stereocenters. The molecule has 0 spiro atoms. The second-order valence-electron chi connectivity index (χ2n) is 6.14. The van der Waals surface area contributed by atoms with E-state index in [-0.39, 0.29) is 11.9 Å². The highest BCUT2D eigenvalue weighted by Gasteiger charge is 2.37. The average molecular weight is 400 g/mol. The Kier molecular flexibility index (Phi) is 5.05. The van der Waals surface area contributed by atoms with Crippen LogP contribution in [0, 0.1) is 0 Å². The first-order valence-electron chi connectivity index (χ1n) is 8.64. The Balaban J connectivity index is 1.67. The Bertz CT molecular complexity index is 944. The zero-order valence-corrected chi connectivity index (χ0v) is 16.2. The van der Waals surface area contributed by atoms with E-state index < -0.39 is 5.25 Å². The Hall–Kier alpha value is -2.51. The number of nitrogens with one attached hydrogen (secondary N) is 2. The number of hydrogen-bond acceptors (Lipinski definition) is 5. The largest absolute Gasteiger partial charge is 0.325 e. The summed E-state index contributed by atoms with van der Waals surface area (Å²) in [7, 11) is 0. The monoisotopic (exact) mass is 399 g/mol. The number of aromatic nitrogens is 3. The lowest BCUT2D eigenvalue weighted by Crippen LogP contribution is -2.41. The zero-order valence-electron chi connectivity index (χ0n) is 14.6. The molecule has 8 heteroatoms. The summed E-state index contributed by atoms with van der Waals surface area (Å²) in [5, 5.41) is 12.4. The van der Waals surface area contributed by atoms with Gasteiger partial charge < -0.3 is 10.7 Å². The summed E-state index contributed by atoms with van der Waals surface area (Å²) in [4.78, 5) is 13.0. The summed E-state index contributed by atoms with van der Waals surface area (Å²) >= 11 is 7.45. The quantitative estimate of drug-likeness (QED) is 0.696. The Morgan fingerprint density at radius 2 is 1.93 bits per heavy atom. The molecule has 0 bridgehead atoms. The van der Waals surface area contributed by atoms with Crippen molar-refractivity contribution >= 4 is 35.0 Å². The van der Waals surface area contributed by atoms with Crippen LogP contribution in [0.2, 0.25) is 5.02 Å². The van der Waals surface area contributed by atoms with Crippen LogP contribution in [-0.2, 0) is 11.2 Å². The fourth-order valence-electron chi connectivity index (χ4n) is 2.98. The molecule has 0 aliphatic carbocycles. The van der Waals surface area contributed by atoms with Crippen molar-refractivity contribution < 1.29 is 4.79 Å². The van der Waals surface area contributed by atoms with Crippen molar-refractivity contribution in [2.24, 2.45) is 0 Å². The van der Waals surface area contributed by atoms with Crippen LogP contribution in [0.5, 0.6) is 0 Å². The van der Waals surface area contributed by atoms with Crippen LogP contribution in [-0.4, -0.2) is 26.0 Å². The molecule has 1 aromatic heterocycles. The van der Waals surface area contributed by atoms with E-state index in [0.29, 0.717) is 10.2 Å². The molecule has 2 N–H and O–H groups in total. The third-order valence-corrected chi connectivity index (χ3v) is 5.82. The van der Waals surface area contributed by atoms with E-state index in [1.54, 1.807) is 0 Å². The van der Waals surface area contributed by atoms with E-state index in [1.807, 2.05) is 66.2 Å². The number of rotatable bonds is 4. The van der Waals surface area contributed by atoms with Crippen molar-refractivity contribution in [2.75, 3.05) is 10.7 Å². The highest BCUT2D eigenvalue weighted by atomic mass is 35.5. The maximum absolute atomic E-state index is 13.0. The Morgan fingerprint density at radius 3 is 2.63 bits per heavy atom. The maximum atomic E-state index is 13.0. The summed E-state index contributed by atoms with van der Waals surface area (Å²) in [5.41, 5.74) is 5.15. The lowest BCUT2D eigenvalue weighted by Gasteiger charge is -2.33. The summed E-state index contributed by atoms with van der Waals surface area (Å²) in [6.45, 7) is 2.02. The van der Waals surface area contributed by atoms with Gasteiger partial charge in [-0.1, -0.05) is 60.6 Å². The topological polar surface area (TPSA) is 71.8 Å². The standard InChI is InChI=1S/C19H18ClN5OS/c1-2-15-22-23-19-25(15)24-16(12-8-10-13(20)11-9-12)17(27-19)18(26)21-14-6-4-3-5-7-14/h3-11,16-17,24H,2H2,1H3,(H,21,26). The van der Waals surface area contributed by atoms with E-state index in [0.717, 1.165) is 23.5 Å². The van der Waals surface area contributed by atoms with Gasteiger partial charge in [-0.15, -0.1) is 10.2 Å². The van der Waals surface area contributed by atoms with Gasteiger partial charge in [-0.05, 0) is 29.8 Å². The minimum Gasteiger partial charge on any atom is -0.325 e. The van der Waals surface area contributed by atoms with Crippen LogP contribution >= 0.6 is 23.4 Å². The third-order valence-electron chi connectivity index (χ3n) is 4.35. The fraction of sp³-hybridized carbons (Fsp3) is 0.211. The van der Waals surface area contributed by atoms with Crippen LogP contribution in [0.1, 0.15) is 24.4 Å². The highest BCUT2D eigenvalue weighted by molar-refractivity contribution is 8.00. The van der Waals surface area contributed by atoms with Gasteiger partial charge in [0.1, 0.15) is 5.25 Å². The summed E-state index contributed by atoms with van der Waals surface area (Å²) in [6.07, 6.45) is 0.745. The second-order valence-corrected chi connectivity index (χ2v) is 7.68. The van der Waals surface area contributed by atoms with Crippen molar-refractivity contribution in [1.29, 1.82) is 0 Å². The molecular formula is C19H18ClN5OS. The van der Waals surface area contributed by atoms with E-state index in [9.17, 15) is 4.79 Å². The van der Waals surface area contributed by atoms with Gasteiger partial charge in [-0.3, -0.25) is 4.79 Å². The lowest BCUT2D eigenvalue weighted by molar-refractivity contribution is -0.116. The zero-order chi connectivity index (χ0) is 18.8. The van der Waals surface area contributed by atoms with E-state index in [4.69, 9.17) is 11.6 Å². The number of benzene rings is 2. The van der Waals surface area contributed by atoms with Gasteiger partial charge in [0, 0.05) is 17.1 Å². The molecule has 27 heavy (non-hydrogen) atoms. The Labute approximate surface area is 166 Å². The van der Waals surface area contributed by atoms with Gasteiger partial charge >= 0.3 is 0 Å². The highest BCUT2D eigenvalue weighted by Crippen LogP contribution is 2.37. The van der Waals surface area contributed by atoms with Gasteiger partial charge in [0.25, 0.3) is 0 Å². The van der Waals surface area contributed by atoms with Gasteiger partial charge in [-0.25, -0.2) is 4.68 Å². The van der Waals surface area contributed by atoms with Gasteiger partial charge in [-0.2, -0.15) is 0 Å². The minimum absolute atomic E-state index is 0.0917. The predicted molar refractivity (Wildman–Crippen MR) is 108 cm³/mol. The first-order chi connectivity index (χ1) is 13.2. The number of thioether (sulfide) groups is 1. The molecule has 0 radical (unpaired) electrons. The first-order valence-corrected chi connectivity index (χ1v) is 9.90. The molecule has 4 rings (SSSR count). The number of anilines is 1. The maximum Gasteiger partial charge on any atom is 0.240 e. The molecule has 1 aliphatic heterocycles. The molecule has 0 saturated heterocycles. The van der Waals surface area contributed by atoms with Crippen molar-refractivity contribution in [3.05, 3.63) is 71.0 Å². The first kappa shape index (κ1) is 17.9. The van der Waals surface area contributed by atoms with Crippen LogP contribution in [0.4, 0.5) is 5.69 Å². The number of halogens is 1. The van der Waals surface area contributed by atoms with Gasteiger partial charge in [0.15, 0.2) is 5.82 Å². The number of para-hydroxylation sites is 1. The molecule has 0 saturated carbocycles. The molecule has 6 nitrogen and oxygen atoms in total. The lowest BCUT2D eigenvalue weighted by atomic mass is 10.0. The number of carbonyl (C=O) groups is 1. The van der Waals surface area contributed by atoms with E-state index in [1.165, 1.54) is 11.8 Å². The SMILES string of the molecule is CCc1nnc2n1NC(c1ccc(Cl)cc1)C(C(=O)Nc1ccccc1)S2. The summed E-state index contributed by atoms with van der Waals surface area (Å²) < 4.78 is 1.87. The number of amides is 1. The molecule has 138 valence electrons. The number of fused-ring (bicyclic) bond motifs is 1. The van der Waals surface area contributed by atoms with Gasteiger partial charge in [0.05, 0.1) is 6.04 Å². The summed E-state index contributed by atoms with van der Waals surface area (Å²) in [6, 6.07) is 16.7. The second kappa shape index (κ2) is 7.62. The normalized spacial score (nSPS) is 18.4. The smallest absolute Gasteiger partial charge is 0.240 e. The number of carbonyl (C=O) groups excluding carboxylic acids is 1. The summed E-state index contributed by atoms with van der Waals surface area (Å²) in [5.74, 6) is 0.740. The Morgan fingerprint density at radius 1 is 1.19 bits per heavy atom. The number of aryl methyl sites for hydroxylation is 1. The van der Waals surface area contributed by atoms with Crippen molar-refractivity contribution in [3.63, 3.8) is 0 Å². The van der Waals surface area contributed by atoms with Crippen LogP contribution in [0.3, 0.4) is 0 Å². The van der Waals surface area contributed by atoms with E-state index in [2.05, 4.69) is 20.9 Å².